The molecular weight excluding hydrogens is 246 g/mol. The van der Waals surface area contributed by atoms with Gasteiger partial charge in [-0.15, -0.1) is 0 Å². The van der Waals surface area contributed by atoms with E-state index >= 15 is 0 Å². The number of amides is 1. The van der Waals surface area contributed by atoms with Gasteiger partial charge >= 0.3 is 0 Å². The van der Waals surface area contributed by atoms with E-state index in [0.29, 0.717) is 24.2 Å². The van der Waals surface area contributed by atoms with Crippen LogP contribution in [0, 0.1) is 6.92 Å². The van der Waals surface area contributed by atoms with Crippen molar-refractivity contribution in [3.63, 3.8) is 0 Å². The van der Waals surface area contributed by atoms with E-state index in [1.165, 1.54) is 12.8 Å². The van der Waals surface area contributed by atoms with Gasteiger partial charge in [-0.3, -0.25) is 9.69 Å². The average Bonchev–Trinajstić information content (AvgIpc) is 3.00. The lowest BCUT2D eigenvalue weighted by molar-refractivity contribution is -0.118. The monoisotopic (exact) mass is 267 g/mol. The average molecular weight is 267 g/mol. The molecule has 2 N–H and O–H groups in total. The lowest BCUT2D eigenvalue weighted by Gasteiger charge is -2.27. The van der Waals surface area contributed by atoms with Gasteiger partial charge in [-0.05, 0) is 19.8 Å². The number of aliphatic hydroxyl groups is 1. The van der Waals surface area contributed by atoms with Gasteiger partial charge in [0.1, 0.15) is 5.76 Å². The summed E-state index contributed by atoms with van der Waals surface area (Å²) < 4.78 is 4.90. The van der Waals surface area contributed by atoms with Crippen molar-refractivity contribution < 1.29 is 14.4 Å². The Hall–Kier alpha value is -1.40. The molecule has 0 spiro atoms. The molecule has 0 saturated heterocycles. The first-order valence-corrected chi connectivity index (χ1v) is 6.77. The Labute approximate surface area is 112 Å². The summed E-state index contributed by atoms with van der Waals surface area (Å²) >= 11 is 0. The van der Waals surface area contributed by atoms with Gasteiger partial charge in [-0.25, -0.2) is 0 Å². The predicted octanol–water partition coefficient (Wildman–Crippen LogP) is 1.16. The van der Waals surface area contributed by atoms with Gasteiger partial charge in [0.05, 0.1) is 13.2 Å². The van der Waals surface area contributed by atoms with Gasteiger partial charge in [0.2, 0.25) is 5.91 Å². The molecule has 0 bridgehead atoms. The molecule has 1 saturated carbocycles. The highest BCUT2D eigenvalue weighted by atomic mass is 16.5. The summed E-state index contributed by atoms with van der Waals surface area (Å²) in [4.78, 5) is 14.0. The predicted molar refractivity (Wildman–Crippen MR) is 70.8 cm³/mol. The van der Waals surface area contributed by atoms with Gasteiger partial charge in [0, 0.05) is 18.7 Å². The fourth-order valence-electron chi connectivity index (χ4n) is 2.58. The minimum Gasteiger partial charge on any atom is -0.395 e. The summed E-state index contributed by atoms with van der Waals surface area (Å²) in [6, 6.07) is 2.10. The zero-order chi connectivity index (χ0) is 13.7. The standard InChI is InChI=1S/C13H21N3O3/c1-10-8-12(15-19-10)14-13(18)9-16(6-7-17)11-4-2-3-5-11/h8,11,17H,2-7,9H2,1H3,(H,14,15,18). The maximum absolute atomic E-state index is 11.9. The molecule has 2 rings (SSSR count). The molecule has 1 heterocycles. The molecule has 1 aromatic heterocycles. The van der Waals surface area contributed by atoms with Crippen molar-refractivity contribution in [2.75, 3.05) is 25.0 Å². The molecule has 1 aliphatic carbocycles. The molecule has 106 valence electrons. The normalized spacial score (nSPS) is 16.2. The van der Waals surface area contributed by atoms with E-state index in [9.17, 15) is 4.79 Å². The van der Waals surface area contributed by atoms with Crippen LogP contribution in [0.25, 0.3) is 0 Å². The smallest absolute Gasteiger partial charge is 0.239 e. The summed E-state index contributed by atoms with van der Waals surface area (Å²) in [5.41, 5.74) is 0. The van der Waals surface area contributed by atoms with E-state index in [4.69, 9.17) is 9.63 Å². The van der Waals surface area contributed by atoms with Crippen molar-refractivity contribution in [1.29, 1.82) is 0 Å². The second-order valence-electron chi connectivity index (χ2n) is 5.00. The van der Waals surface area contributed by atoms with Gasteiger partial charge in [-0.1, -0.05) is 18.0 Å². The molecule has 19 heavy (non-hydrogen) atoms. The lowest BCUT2D eigenvalue weighted by Crippen LogP contribution is -2.41. The zero-order valence-corrected chi connectivity index (χ0v) is 11.3. The quantitative estimate of drug-likeness (QED) is 0.808. The fraction of sp³-hybridized carbons (Fsp3) is 0.692. The van der Waals surface area contributed by atoms with Gasteiger partial charge in [0.25, 0.3) is 0 Å². The van der Waals surface area contributed by atoms with E-state index in [-0.39, 0.29) is 19.1 Å². The van der Waals surface area contributed by atoms with Crippen LogP contribution in [0.5, 0.6) is 0 Å². The first-order chi connectivity index (χ1) is 9.19. The van der Waals surface area contributed by atoms with Gasteiger partial charge in [0.15, 0.2) is 5.82 Å². The van der Waals surface area contributed by atoms with Crippen LogP contribution >= 0.6 is 0 Å². The molecule has 6 nitrogen and oxygen atoms in total. The minimum absolute atomic E-state index is 0.0762. The number of hydrogen-bond donors (Lipinski definition) is 2. The van der Waals surface area contributed by atoms with Gasteiger partial charge in [-0.2, -0.15) is 0 Å². The van der Waals surface area contributed by atoms with E-state index in [1.807, 2.05) is 0 Å². The summed E-state index contributed by atoms with van der Waals surface area (Å²) in [6.45, 7) is 2.68. The van der Waals surface area contributed by atoms with Crippen molar-refractivity contribution in [2.45, 2.75) is 38.6 Å². The van der Waals surface area contributed by atoms with Crippen LogP contribution in [0.4, 0.5) is 5.82 Å². The van der Waals surface area contributed by atoms with Crippen LogP contribution in [0.1, 0.15) is 31.4 Å². The molecule has 1 amide bonds. The topological polar surface area (TPSA) is 78.6 Å². The number of nitrogens with zero attached hydrogens (tertiary/aromatic N) is 2. The Kier molecular flexibility index (Phi) is 4.93. The number of rotatable bonds is 6. The SMILES string of the molecule is Cc1cc(NC(=O)CN(CCO)C2CCCC2)no1. The number of aryl methyl sites for hydroxylation is 1. The Bertz CT molecular complexity index is 413. The minimum atomic E-state index is -0.117. The third kappa shape index (κ3) is 4.04. The maximum Gasteiger partial charge on any atom is 0.239 e. The molecule has 1 aromatic rings. The number of aliphatic hydroxyl groups excluding tert-OH is 1. The summed E-state index contributed by atoms with van der Waals surface area (Å²) in [6.07, 6.45) is 4.63. The molecule has 0 aromatic carbocycles. The van der Waals surface area contributed by atoms with E-state index in [0.717, 1.165) is 12.8 Å². The number of nitrogens with one attached hydrogen (secondary N) is 1. The van der Waals surface area contributed by atoms with E-state index < -0.39 is 0 Å². The van der Waals surface area contributed by atoms with Crippen LogP contribution in [-0.4, -0.2) is 46.8 Å². The number of carbonyl (C=O) groups excluding carboxylic acids is 1. The number of aromatic nitrogens is 1. The van der Waals surface area contributed by atoms with Crippen LogP contribution in [0.3, 0.4) is 0 Å². The Morgan fingerprint density at radius 2 is 2.32 bits per heavy atom. The molecule has 0 atom stereocenters. The molecule has 0 radical (unpaired) electrons. The van der Waals surface area contributed by atoms with Crippen molar-refractivity contribution in [3.05, 3.63) is 11.8 Å². The highest BCUT2D eigenvalue weighted by Gasteiger charge is 2.24. The molecule has 0 aliphatic heterocycles. The number of anilines is 1. The second-order valence-corrected chi connectivity index (χ2v) is 5.00. The highest BCUT2D eigenvalue weighted by Crippen LogP contribution is 2.23. The molecule has 6 heteroatoms. The first kappa shape index (κ1) is 14.0. The number of carbonyl (C=O) groups is 1. The zero-order valence-electron chi connectivity index (χ0n) is 11.3. The third-order valence-corrected chi connectivity index (χ3v) is 3.47. The van der Waals surface area contributed by atoms with Crippen molar-refractivity contribution in [2.24, 2.45) is 0 Å². The third-order valence-electron chi connectivity index (χ3n) is 3.47. The summed E-state index contributed by atoms with van der Waals surface area (Å²) in [5.74, 6) is 0.991. The Balaban J connectivity index is 1.87. The van der Waals surface area contributed by atoms with Crippen LogP contribution in [0.15, 0.2) is 10.6 Å². The van der Waals surface area contributed by atoms with Crippen molar-refractivity contribution >= 4 is 11.7 Å². The molecule has 1 fully saturated rings. The van der Waals surface area contributed by atoms with Crippen LogP contribution in [0.2, 0.25) is 0 Å². The maximum atomic E-state index is 11.9. The largest absolute Gasteiger partial charge is 0.395 e. The molecular formula is C13H21N3O3. The number of hydrogen-bond acceptors (Lipinski definition) is 5. The Morgan fingerprint density at radius 1 is 1.58 bits per heavy atom. The second kappa shape index (κ2) is 6.68. The van der Waals surface area contributed by atoms with Crippen molar-refractivity contribution in [3.8, 4) is 0 Å². The Morgan fingerprint density at radius 3 is 2.89 bits per heavy atom. The fourth-order valence-corrected chi connectivity index (χ4v) is 2.58. The summed E-state index contributed by atoms with van der Waals surface area (Å²) in [5, 5.41) is 15.5. The lowest BCUT2D eigenvalue weighted by atomic mass is 10.2. The highest BCUT2D eigenvalue weighted by molar-refractivity contribution is 5.91. The van der Waals surface area contributed by atoms with Crippen LogP contribution < -0.4 is 5.32 Å². The molecule has 1 aliphatic rings. The molecule has 0 unspecified atom stereocenters. The summed E-state index contributed by atoms with van der Waals surface area (Å²) in [7, 11) is 0. The van der Waals surface area contributed by atoms with Gasteiger partial charge < -0.3 is 14.9 Å². The van der Waals surface area contributed by atoms with Crippen LogP contribution in [-0.2, 0) is 4.79 Å². The van der Waals surface area contributed by atoms with Crippen molar-refractivity contribution in [1.82, 2.24) is 10.1 Å². The first-order valence-electron chi connectivity index (χ1n) is 6.77. The van der Waals surface area contributed by atoms with E-state index in [2.05, 4.69) is 15.4 Å². The van der Waals surface area contributed by atoms with E-state index in [1.54, 1.807) is 13.0 Å².